The third-order valence-corrected chi connectivity index (χ3v) is 7.56. The van der Waals surface area contributed by atoms with Crippen molar-refractivity contribution in [3.05, 3.63) is 36.7 Å². The molecule has 39 heavy (non-hydrogen) atoms. The number of likely N-dealkylation sites (N-methyl/N-ethyl adjacent to an activating group) is 1. The van der Waals surface area contributed by atoms with E-state index in [0.717, 1.165) is 54.8 Å². The Morgan fingerprint density at radius 2 is 2.00 bits per heavy atom. The molecule has 0 N–H and O–H groups in total. The number of aromatic nitrogens is 4. The Kier molecular flexibility index (Phi) is 6.45. The Hall–Kier alpha value is -3.66. The van der Waals surface area contributed by atoms with Gasteiger partial charge in [-0.2, -0.15) is 0 Å². The van der Waals surface area contributed by atoms with Gasteiger partial charge in [0.25, 0.3) is 0 Å². The van der Waals surface area contributed by atoms with Crippen LogP contribution in [0.1, 0.15) is 46.5 Å². The Labute approximate surface area is 227 Å². The molecule has 1 aliphatic carbocycles. The van der Waals surface area contributed by atoms with Gasteiger partial charge in [0.1, 0.15) is 28.8 Å². The van der Waals surface area contributed by atoms with Crippen LogP contribution in [0.25, 0.3) is 28.1 Å². The highest BCUT2D eigenvalue weighted by atomic mass is 16.6. The molecule has 0 spiro atoms. The Balaban J connectivity index is 1.17. The number of anilines is 1. The summed E-state index contributed by atoms with van der Waals surface area (Å²) >= 11 is 0. The quantitative estimate of drug-likeness (QED) is 0.317. The molecular weight excluding hydrogens is 496 g/mol. The monoisotopic (exact) mass is 532 g/mol. The van der Waals surface area contributed by atoms with Crippen LogP contribution >= 0.6 is 0 Å². The highest BCUT2D eigenvalue weighted by Crippen LogP contribution is 2.36. The standard InChI is InChI=1S/C29H36N6O4/c1-29(2,3)39-27(36)14-18-12-20(13-18)37-26-7-6-25-31-16-22(35(25)32-26)24-15-21-23(38-24)8-10-30-28(21)34-11-9-19(17-34)33(4)5/h6-8,10,15-16,18-20H,9,11-14,17H2,1-5H3/t18?,19-,20?/m1/s1. The lowest BCUT2D eigenvalue weighted by Gasteiger charge is -2.34. The molecule has 6 rings (SSSR count). The van der Waals surface area contributed by atoms with E-state index < -0.39 is 5.60 Å². The smallest absolute Gasteiger partial charge is 0.306 e. The minimum Gasteiger partial charge on any atom is -0.473 e. The van der Waals surface area contributed by atoms with E-state index >= 15 is 0 Å². The molecule has 1 aliphatic heterocycles. The van der Waals surface area contributed by atoms with Crippen LogP contribution in [0.4, 0.5) is 5.82 Å². The lowest BCUT2D eigenvalue weighted by Crippen LogP contribution is -2.36. The first-order valence-electron chi connectivity index (χ1n) is 13.7. The zero-order valence-corrected chi connectivity index (χ0v) is 23.3. The van der Waals surface area contributed by atoms with Gasteiger partial charge in [0.05, 0.1) is 11.6 Å². The summed E-state index contributed by atoms with van der Waals surface area (Å²) in [4.78, 5) is 25.9. The average molecular weight is 533 g/mol. The number of hydrogen-bond acceptors (Lipinski definition) is 9. The van der Waals surface area contributed by atoms with Crippen molar-refractivity contribution < 1.29 is 18.7 Å². The maximum Gasteiger partial charge on any atom is 0.306 e. The molecule has 10 heteroatoms. The van der Waals surface area contributed by atoms with Crippen LogP contribution < -0.4 is 9.64 Å². The fourth-order valence-corrected chi connectivity index (χ4v) is 5.50. The molecule has 2 fully saturated rings. The third kappa shape index (κ3) is 5.30. The molecular formula is C29H36N6O4. The van der Waals surface area contributed by atoms with Crippen molar-refractivity contribution in [1.82, 2.24) is 24.5 Å². The van der Waals surface area contributed by atoms with Gasteiger partial charge >= 0.3 is 5.97 Å². The van der Waals surface area contributed by atoms with Crippen LogP contribution in [0.15, 0.2) is 41.1 Å². The van der Waals surface area contributed by atoms with Gasteiger partial charge in [-0.05, 0) is 78.2 Å². The number of fused-ring (bicyclic) bond motifs is 2. The molecule has 0 unspecified atom stereocenters. The first-order valence-corrected chi connectivity index (χ1v) is 13.7. The number of nitrogens with zero attached hydrogens (tertiary/aromatic N) is 6. The summed E-state index contributed by atoms with van der Waals surface area (Å²) in [6.45, 7) is 7.57. The molecule has 206 valence electrons. The number of hydrogen-bond donors (Lipinski definition) is 0. The van der Waals surface area contributed by atoms with Crippen molar-refractivity contribution in [2.45, 2.75) is 64.2 Å². The maximum atomic E-state index is 12.1. The average Bonchev–Trinajstić information content (AvgIpc) is 3.58. The summed E-state index contributed by atoms with van der Waals surface area (Å²) in [6.07, 6.45) is 6.75. The number of carbonyl (C=O) groups excluding carboxylic acids is 1. The van der Waals surface area contributed by atoms with Gasteiger partial charge < -0.3 is 23.7 Å². The highest BCUT2D eigenvalue weighted by Gasteiger charge is 2.34. The van der Waals surface area contributed by atoms with Crippen molar-refractivity contribution in [3.63, 3.8) is 0 Å². The molecule has 4 aromatic rings. The Morgan fingerprint density at radius 1 is 1.18 bits per heavy atom. The van der Waals surface area contributed by atoms with E-state index in [0.29, 0.717) is 29.8 Å². The highest BCUT2D eigenvalue weighted by molar-refractivity contribution is 5.92. The normalized spacial score (nSPS) is 21.6. The second kappa shape index (κ2) is 9.82. The van der Waals surface area contributed by atoms with Crippen LogP contribution in [0.3, 0.4) is 0 Å². The van der Waals surface area contributed by atoms with Crippen LogP contribution in [-0.2, 0) is 9.53 Å². The van der Waals surface area contributed by atoms with Crippen molar-refractivity contribution in [2.24, 2.45) is 5.92 Å². The third-order valence-electron chi connectivity index (χ3n) is 7.56. The molecule has 2 aliphatic rings. The fraction of sp³-hybridized carbons (Fsp3) is 0.517. The number of rotatable bonds is 7. The second-order valence-electron chi connectivity index (χ2n) is 12.0. The van der Waals surface area contributed by atoms with Crippen LogP contribution in [-0.4, -0.2) is 75.4 Å². The largest absolute Gasteiger partial charge is 0.473 e. The SMILES string of the molecule is CN(C)[C@@H]1CCN(c2nccc3oc(-c4cnc5ccc(OC6CC(CC(=O)OC(C)(C)C)C6)nn45)cc23)C1. The van der Waals surface area contributed by atoms with Gasteiger partial charge in [0.2, 0.25) is 5.88 Å². The Bertz CT molecular complexity index is 1500. The summed E-state index contributed by atoms with van der Waals surface area (Å²) in [5, 5.41) is 5.70. The van der Waals surface area contributed by atoms with Gasteiger partial charge in [-0.25, -0.2) is 14.5 Å². The van der Waals surface area contributed by atoms with Crippen molar-refractivity contribution >= 4 is 28.4 Å². The van der Waals surface area contributed by atoms with Crippen LogP contribution in [0.5, 0.6) is 5.88 Å². The minimum absolute atomic E-state index is 0.0284. The molecule has 10 nitrogen and oxygen atoms in total. The molecule has 0 radical (unpaired) electrons. The second-order valence-corrected chi connectivity index (χ2v) is 12.0. The van der Waals surface area contributed by atoms with Crippen LogP contribution in [0, 0.1) is 5.92 Å². The summed E-state index contributed by atoms with van der Waals surface area (Å²) in [5.41, 5.74) is 1.79. The molecule has 4 aromatic heterocycles. The van der Waals surface area contributed by atoms with E-state index in [1.807, 2.05) is 45.0 Å². The fourth-order valence-electron chi connectivity index (χ4n) is 5.50. The van der Waals surface area contributed by atoms with Crippen molar-refractivity contribution in [3.8, 4) is 17.3 Å². The predicted octanol–water partition coefficient (Wildman–Crippen LogP) is 4.57. The molecule has 5 heterocycles. The van der Waals surface area contributed by atoms with Crippen molar-refractivity contribution in [1.29, 1.82) is 0 Å². The van der Waals surface area contributed by atoms with Gasteiger partial charge in [-0.15, -0.1) is 5.10 Å². The number of pyridine rings is 1. The van der Waals surface area contributed by atoms with E-state index in [2.05, 4.69) is 28.9 Å². The number of esters is 1. The number of imidazole rings is 1. The summed E-state index contributed by atoms with van der Waals surface area (Å²) in [6, 6.07) is 8.18. The van der Waals surface area contributed by atoms with E-state index in [1.54, 1.807) is 16.9 Å². The number of carbonyl (C=O) groups is 1. The van der Waals surface area contributed by atoms with E-state index in [1.165, 1.54) is 0 Å². The molecule has 0 bridgehead atoms. The summed E-state index contributed by atoms with van der Waals surface area (Å²) in [5.74, 6) is 2.27. The zero-order chi connectivity index (χ0) is 27.3. The molecule has 0 amide bonds. The van der Waals surface area contributed by atoms with Gasteiger partial charge in [-0.1, -0.05) is 0 Å². The van der Waals surface area contributed by atoms with Gasteiger partial charge in [0, 0.05) is 37.8 Å². The van der Waals surface area contributed by atoms with E-state index in [-0.39, 0.29) is 18.0 Å². The topological polar surface area (TPSA) is 98.2 Å². The minimum atomic E-state index is -0.459. The lowest BCUT2D eigenvalue weighted by atomic mass is 9.80. The van der Waals surface area contributed by atoms with Gasteiger partial charge in [0.15, 0.2) is 11.4 Å². The molecule has 1 saturated carbocycles. The number of furan rings is 1. The van der Waals surface area contributed by atoms with Crippen molar-refractivity contribution in [2.75, 3.05) is 32.1 Å². The van der Waals surface area contributed by atoms with Gasteiger partial charge in [-0.3, -0.25) is 4.79 Å². The first-order chi connectivity index (χ1) is 18.6. The Morgan fingerprint density at radius 3 is 2.74 bits per heavy atom. The predicted molar refractivity (Wildman–Crippen MR) is 148 cm³/mol. The van der Waals surface area contributed by atoms with E-state index in [9.17, 15) is 4.79 Å². The summed E-state index contributed by atoms with van der Waals surface area (Å²) in [7, 11) is 4.25. The lowest BCUT2D eigenvalue weighted by molar-refractivity contribution is -0.157. The molecule has 0 aromatic carbocycles. The number of ether oxygens (including phenoxy) is 2. The van der Waals surface area contributed by atoms with E-state index in [4.69, 9.17) is 24.0 Å². The molecule has 1 saturated heterocycles. The molecule has 1 atom stereocenters. The summed E-state index contributed by atoms with van der Waals surface area (Å²) < 4.78 is 19.6. The maximum absolute atomic E-state index is 12.1. The zero-order valence-electron chi connectivity index (χ0n) is 23.3. The first kappa shape index (κ1) is 25.6. The van der Waals surface area contributed by atoms with Crippen LogP contribution in [0.2, 0.25) is 0 Å².